The number of rotatable bonds is 3. The molecule has 0 aliphatic rings. The molecule has 2 aromatic heterocycles. The summed E-state index contributed by atoms with van der Waals surface area (Å²) < 4.78 is 0. The summed E-state index contributed by atoms with van der Waals surface area (Å²) in [5.74, 6) is 0.194. The van der Waals surface area contributed by atoms with Gasteiger partial charge in [0.25, 0.3) is 0 Å². The van der Waals surface area contributed by atoms with E-state index in [0.717, 1.165) is 0 Å². The van der Waals surface area contributed by atoms with Crippen molar-refractivity contribution in [3.05, 3.63) is 12.4 Å². The molecule has 2 heterocycles. The van der Waals surface area contributed by atoms with Gasteiger partial charge in [0.1, 0.15) is 11.3 Å². The van der Waals surface area contributed by atoms with Crippen LogP contribution in [0.15, 0.2) is 12.4 Å². The lowest BCUT2D eigenvalue weighted by atomic mass is 10.3. The van der Waals surface area contributed by atoms with Crippen LogP contribution in [0.4, 0.5) is 11.5 Å². The number of aromatic amines is 1. The minimum Gasteiger partial charge on any atom is -0.397 e. The van der Waals surface area contributed by atoms with E-state index in [1.807, 2.05) is 0 Å². The van der Waals surface area contributed by atoms with Crippen molar-refractivity contribution in [3.8, 4) is 0 Å². The minimum absolute atomic E-state index is 0.190. The number of carbonyl (C=O) groups excluding carboxylic acids is 1. The molecule has 2 rings (SSSR count). The molecule has 0 saturated heterocycles. The summed E-state index contributed by atoms with van der Waals surface area (Å²) in [6.45, 7) is 0.298. The highest BCUT2D eigenvalue weighted by Crippen LogP contribution is 2.19. The number of nitrogen functional groups attached to an aromatic ring is 1. The zero-order chi connectivity index (χ0) is 11.5. The molecule has 0 bridgehead atoms. The number of nitrogens with two attached hydrogens (primary N) is 2. The summed E-state index contributed by atoms with van der Waals surface area (Å²) in [6, 6.07) is 1.58. The van der Waals surface area contributed by atoms with Crippen LogP contribution in [-0.2, 0) is 4.79 Å². The first kappa shape index (κ1) is 10.4. The predicted molar refractivity (Wildman–Crippen MR) is 60.6 cm³/mol. The zero-order valence-corrected chi connectivity index (χ0v) is 8.53. The van der Waals surface area contributed by atoms with Gasteiger partial charge < -0.3 is 21.8 Å². The highest BCUT2D eigenvalue weighted by Gasteiger charge is 2.07. The molecule has 0 fully saturated rings. The van der Waals surface area contributed by atoms with Crippen LogP contribution in [0.3, 0.4) is 0 Å². The van der Waals surface area contributed by atoms with Gasteiger partial charge in [-0.05, 0) is 0 Å². The third kappa shape index (κ3) is 1.94. The van der Waals surface area contributed by atoms with E-state index < -0.39 is 0 Å². The van der Waals surface area contributed by atoms with E-state index >= 15 is 0 Å². The molecule has 0 saturated carbocycles. The number of nitrogens with one attached hydrogen (secondary N) is 2. The Balaban J connectivity index is 2.28. The van der Waals surface area contributed by atoms with Crippen molar-refractivity contribution in [3.63, 3.8) is 0 Å². The summed E-state index contributed by atoms with van der Waals surface area (Å²) in [4.78, 5) is 22.3. The third-order valence-electron chi connectivity index (χ3n) is 2.07. The number of hydrogen-bond donors (Lipinski definition) is 4. The fourth-order valence-corrected chi connectivity index (χ4v) is 1.35. The maximum atomic E-state index is 11.3. The Hall–Kier alpha value is -2.15. The van der Waals surface area contributed by atoms with Crippen molar-refractivity contribution in [2.24, 2.45) is 5.73 Å². The van der Waals surface area contributed by atoms with E-state index in [4.69, 9.17) is 11.5 Å². The normalized spacial score (nSPS) is 10.6. The Kier molecular flexibility index (Phi) is 2.69. The van der Waals surface area contributed by atoms with Crippen molar-refractivity contribution >= 4 is 28.6 Å². The topological polar surface area (TPSA) is 123 Å². The molecule has 1 amide bonds. The number of imidazole rings is 1. The lowest BCUT2D eigenvalue weighted by Gasteiger charge is -2.04. The Morgan fingerprint density at radius 3 is 3.12 bits per heavy atom. The Labute approximate surface area is 91.2 Å². The predicted octanol–water partition coefficient (Wildman–Crippen LogP) is -0.173. The van der Waals surface area contributed by atoms with Crippen LogP contribution in [0.5, 0.6) is 0 Å². The fourth-order valence-electron chi connectivity index (χ4n) is 1.35. The molecule has 0 atom stereocenters. The van der Waals surface area contributed by atoms with Gasteiger partial charge in [-0.1, -0.05) is 0 Å². The van der Waals surface area contributed by atoms with E-state index in [-0.39, 0.29) is 12.3 Å². The van der Waals surface area contributed by atoms with Gasteiger partial charge in [-0.2, -0.15) is 0 Å². The van der Waals surface area contributed by atoms with Crippen LogP contribution in [0, 0.1) is 0 Å². The van der Waals surface area contributed by atoms with Gasteiger partial charge in [0.2, 0.25) is 5.91 Å². The summed E-state index contributed by atoms with van der Waals surface area (Å²) in [7, 11) is 0. The number of fused-ring (bicyclic) bond motifs is 1. The zero-order valence-electron chi connectivity index (χ0n) is 8.53. The van der Waals surface area contributed by atoms with Gasteiger partial charge in [-0.15, -0.1) is 0 Å². The van der Waals surface area contributed by atoms with Gasteiger partial charge in [0.05, 0.1) is 12.0 Å². The van der Waals surface area contributed by atoms with Gasteiger partial charge in [0.15, 0.2) is 5.65 Å². The van der Waals surface area contributed by atoms with E-state index in [0.29, 0.717) is 29.2 Å². The van der Waals surface area contributed by atoms with Crippen molar-refractivity contribution in [1.82, 2.24) is 15.0 Å². The SMILES string of the molecule is NCCC(=O)Nc1cc(N)c2[nH]cnc2n1. The second kappa shape index (κ2) is 4.15. The van der Waals surface area contributed by atoms with Crippen molar-refractivity contribution < 1.29 is 4.79 Å². The third-order valence-corrected chi connectivity index (χ3v) is 2.07. The average Bonchev–Trinajstić information content (AvgIpc) is 2.66. The molecule has 0 radical (unpaired) electrons. The number of amides is 1. The number of H-pyrrole nitrogens is 1. The average molecular weight is 220 g/mol. The molecular formula is C9H12N6O. The molecule has 7 nitrogen and oxygen atoms in total. The number of anilines is 2. The lowest BCUT2D eigenvalue weighted by Crippen LogP contribution is -2.17. The number of pyridine rings is 1. The van der Waals surface area contributed by atoms with Crippen LogP contribution in [0.2, 0.25) is 0 Å². The second-order valence-electron chi connectivity index (χ2n) is 3.28. The van der Waals surface area contributed by atoms with E-state index in [1.165, 1.54) is 6.33 Å². The van der Waals surface area contributed by atoms with Gasteiger partial charge in [-0.25, -0.2) is 9.97 Å². The van der Waals surface area contributed by atoms with Gasteiger partial charge in [-0.3, -0.25) is 4.79 Å². The molecule has 16 heavy (non-hydrogen) atoms. The first-order chi connectivity index (χ1) is 7.70. The van der Waals surface area contributed by atoms with Gasteiger partial charge >= 0.3 is 0 Å². The van der Waals surface area contributed by atoms with Crippen LogP contribution >= 0.6 is 0 Å². The Bertz CT molecular complexity index is 520. The quantitative estimate of drug-likeness (QED) is 0.571. The van der Waals surface area contributed by atoms with Gasteiger partial charge in [0, 0.05) is 19.0 Å². The fraction of sp³-hybridized carbons (Fsp3) is 0.222. The molecule has 0 unspecified atom stereocenters. The number of aromatic nitrogens is 3. The maximum absolute atomic E-state index is 11.3. The number of nitrogens with zero attached hydrogens (tertiary/aromatic N) is 2. The highest BCUT2D eigenvalue weighted by molar-refractivity contribution is 5.93. The lowest BCUT2D eigenvalue weighted by molar-refractivity contribution is -0.116. The highest BCUT2D eigenvalue weighted by atomic mass is 16.1. The van der Waals surface area contributed by atoms with Crippen LogP contribution in [0.25, 0.3) is 11.2 Å². The molecular weight excluding hydrogens is 208 g/mol. The summed E-state index contributed by atoms with van der Waals surface area (Å²) in [6.07, 6.45) is 1.75. The Morgan fingerprint density at radius 1 is 1.56 bits per heavy atom. The molecule has 0 aliphatic heterocycles. The van der Waals surface area contributed by atoms with E-state index in [1.54, 1.807) is 6.07 Å². The smallest absolute Gasteiger partial charge is 0.226 e. The standard InChI is InChI=1S/C9H12N6O/c10-2-1-7(16)14-6-3-5(11)8-9(15-6)13-4-12-8/h3-4H,1-2,10H2,(H4,11,12,13,14,15,16). The van der Waals surface area contributed by atoms with Crippen LogP contribution < -0.4 is 16.8 Å². The summed E-state index contributed by atoms with van der Waals surface area (Å²) in [5.41, 5.74) is 12.7. The second-order valence-corrected chi connectivity index (χ2v) is 3.28. The van der Waals surface area contributed by atoms with E-state index in [9.17, 15) is 4.79 Å². The first-order valence-electron chi connectivity index (χ1n) is 4.80. The molecule has 2 aromatic rings. The number of hydrogen-bond acceptors (Lipinski definition) is 5. The monoisotopic (exact) mass is 220 g/mol. The molecule has 7 heteroatoms. The minimum atomic E-state index is -0.190. The van der Waals surface area contributed by atoms with Crippen LogP contribution in [0.1, 0.15) is 6.42 Å². The largest absolute Gasteiger partial charge is 0.397 e. The molecule has 6 N–H and O–H groups in total. The molecule has 84 valence electrons. The molecule has 0 spiro atoms. The molecule has 0 aliphatic carbocycles. The van der Waals surface area contributed by atoms with Crippen molar-refractivity contribution in [1.29, 1.82) is 0 Å². The maximum Gasteiger partial charge on any atom is 0.226 e. The summed E-state index contributed by atoms with van der Waals surface area (Å²) in [5, 5.41) is 2.60. The first-order valence-corrected chi connectivity index (χ1v) is 4.80. The summed E-state index contributed by atoms with van der Waals surface area (Å²) >= 11 is 0. The van der Waals surface area contributed by atoms with Crippen molar-refractivity contribution in [2.45, 2.75) is 6.42 Å². The molecule has 0 aromatic carbocycles. The number of carbonyl (C=O) groups is 1. The van der Waals surface area contributed by atoms with E-state index in [2.05, 4.69) is 20.3 Å². The Morgan fingerprint density at radius 2 is 2.38 bits per heavy atom. The van der Waals surface area contributed by atoms with Crippen molar-refractivity contribution in [2.75, 3.05) is 17.6 Å². The van der Waals surface area contributed by atoms with Crippen LogP contribution in [-0.4, -0.2) is 27.4 Å².